The van der Waals surface area contributed by atoms with Gasteiger partial charge in [0, 0.05) is 18.7 Å². The Bertz CT molecular complexity index is 467. The first kappa shape index (κ1) is 11.0. The molecule has 0 radical (unpaired) electrons. The van der Waals surface area contributed by atoms with Crippen LogP contribution in [-0.4, -0.2) is 22.6 Å². The van der Waals surface area contributed by atoms with E-state index in [0.717, 1.165) is 29.7 Å². The van der Waals surface area contributed by atoms with Crippen molar-refractivity contribution < 1.29 is 0 Å². The summed E-state index contributed by atoms with van der Waals surface area (Å²) in [5, 5.41) is 3.37. The fourth-order valence-corrected chi connectivity index (χ4v) is 1.83. The van der Waals surface area contributed by atoms with Crippen LogP contribution in [0.15, 0.2) is 30.5 Å². The van der Waals surface area contributed by atoms with Crippen LogP contribution in [0.4, 0.5) is 0 Å². The molecule has 1 atom stereocenters. The number of nitrogens with zero attached hydrogens (tertiary/aromatic N) is 2. The van der Waals surface area contributed by atoms with Crippen LogP contribution < -0.4 is 5.32 Å². The molecule has 0 amide bonds. The van der Waals surface area contributed by atoms with Gasteiger partial charge in [0.15, 0.2) is 0 Å². The highest BCUT2D eigenvalue weighted by Crippen LogP contribution is 2.09. The first-order valence-electron chi connectivity index (χ1n) is 5.73. The zero-order valence-corrected chi connectivity index (χ0v) is 9.77. The van der Waals surface area contributed by atoms with Gasteiger partial charge in [-0.2, -0.15) is 0 Å². The van der Waals surface area contributed by atoms with E-state index in [4.69, 9.17) is 0 Å². The summed E-state index contributed by atoms with van der Waals surface area (Å²) in [6.45, 7) is 5.27. The van der Waals surface area contributed by atoms with E-state index in [0.29, 0.717) is 6.04 Å². The maximum atomic E-state index is 4.59. The number of likely N-dealkylation sites (N-methyl/N-ethyl adjacent to an activating group) is 1. The number of aromatic nitrogens is 2. The molecule has 0 saturated heterocycles. The van der Waals surface area contributed by atoms with Crippen molar-refractivity contribution in [3.63, 3.8) is 0 Å². The minimum atomic E-state index is 0.445. The summed E-state index contributed by atoms with van der Waals surface area (Å²) in [5.74, 6) is 0. The van der Waals surface area contributed by atoms with E-state index < -0.39 is 0 Å². The second kappa shape index (κ2) is 5.03. The smallest absolute Gasteiger partial charge is 0.0890 e. The molecule has 16 heavy (non-hydrogen) atoms. The minimum absolute atomic E-state index is 0.445. The van der Waals surface area contributed by atoms with Gasteiger partial charge in [0.2, 0.25) is 0 Å². The lowest BCUT2D eigenvalue weighted by atomic mass is 10.2. The molecule has 3 nitrogen and oxygen atoms in total. The lowest BCUT2D eigenvalue weighted by Crippen LogP contribution is -2.27. The molecule has 1 heterocycles. The zero-order chi connectivity index (χ0) is 11.4. The van der Waals surface area contributed by atoms with Crippen LogP contribution in [0, 0.1) is 0 Å². The highest BCUT2D eigenvalue weighted by molar-refractivity contribution is 5.73. The van der Waals surface area contributed by atoms with E-state index in [1.807, 2.05) is 30.5 Å². The lowest BCUT2D eigenvalue weighted by molar-refractivity contribution is 0.559. The molecule has 2 aromatic rings. The Morgan fingerprint density at radius 1 is 1.25 bits per heavy atom. The van der Waals surface area contributed by atoms with Gasteiger partial charge in [0.1, 0.15) is 0 Å². The van der Waals surface area contributed by atoms with Crippen LogP contribution in [0.25, 0.3) is 11.0 Å². The topological polar surface area (TPSA) is 37.8 Å². The molecule has 0 aliphatic rings. The second-order valence-corrected chi connectivity index (χ2v) is 4.01. The number of fused-ring (bicyclic) bond motifs is 1. The Hall–Kier alpha value is -1.48. The molecule has 0 fully saturated rings. The molecular formula is C13H17N3. The van der Waals surface area contributed by atoms with E-state index in [1.165, 1.54) is 0 Å². The van der Waals surface area contributed by atoms with Crippen molar-refractivity contribution in [3.05, 3.63) is 36.2 Å². The van der Waals surface area contributed by atoms with Crippen molar-refractivity contribution in [1.29, 1.82) is 0 Å². The summed E-state index contributed by atoms with van der Waals surface area (Å²) in [4.78, 5) is 9.00. The Kier molecular flexibility index (Phi) is 3.47. The van der Waals surface area contributed by atoms with Crippen molar-refractivity contribution in [2.24, 2.45) is 0 Å². The largest absolute Gasteiger partial charge is 0.314 e. The summed E-state index contributed by atoms with van der Waals surface area (Å²) in [6, 6.07) is 8.41. The maximum absolute atomic E-state index is 4.59. The molecular weight excluding hydrogens is 198 g/mol. The van der Waals surface area contributed by atoms with Crippen molar-refractivity contribution in [2.45, 2.75) is 26.3 Å². The second-order valence-electron chi connectivity index (χ2n) is 4.01. The molecule has 1 aromatic heterocycles. The minimum Gasteiger partial charge on any atom is -0.314 e. The molecule has 1 aromatic carbocycles. The molecule has 0 bridgehead atoms. The predicted octanol–water partition coefficient (Wildman–Crippen LogP) is 2.17. The third-order valence-electron chi connectivity index (χ3n) is 2.57. The first-order valence-corrected chi connectivity index (χ1v) is 5.73. The van der Waals surface area contributed by atoms with Crippen LogP contribution >= 0.6 is 0 Å². The van der Waals surface area contributed by atoms with Gasteiger partial charge >= 0.3 is 0 Å². The molecule has 3 heteroatoms. The Morgan fingerprint density at radius 2 is 2.00 bits per heavy atom. The van der Waals surface area contributed by atoms with Crippen molar-refractivity contribution in [1.82, 2.24) is 15.3 Å². The maximum Gasteiger partial charge on any atom is 0.0890 e. The van der Waals surface area contributed by atoms with Crippen molar-refractivity contribution in [3.8, 4) is 0 Å². The highest BCUT2D eigenvalue weighted by atomic mass is 14.9. The lowest BCUT2D eigenvalue weighted by Gasteiger charge is -2.11. The molecule has 84 valence electrons. The SMILES string of the molecule is CCNC(C)Cc1cnc2ccccc2n1. The van der Waals surface area contributed by atoms with Crippen LogP contribution in [0.5, 0.6) is 0 Å². The molecule has 1 N–H and O–H groups in total. The van der Waals surface area contributed by atoms with Gasteiger partial charge in [-0.1, -0.05) is 19.1 Å². The van der Waals surface area contributed by atoms with E-state index in [1.54, 1.807) is 0 Å². The van der Waals surface area contributed by atoms with Crippen molar-refractivity contribution >= 4 is 11.0 Å². The average Bonchev–Trinajstić information content (AvgIpc) is 2.29. The molecule has 0 aliphatic carbocycles. The van der Waals surface area contributed by atoms with Crippen LogP contribution in [0.3, 0.4) is 0 Å². The van der Waals surface area contributed by atoms with Crippen LogP contribution in [0.1, 0.15) is 19.5 Å². The van der Waals surface area contributed by atoms with E-state index in [-0.39, 0.29) is 0 Å². The third-order valence-corrected chi connectivity index (χ3v) is 2.57. The third kappa shape index (κ3) is 2.55. The fourth-order valence-electron chi connectivity index (χ4n) is 1.83. The summed E-state index contributed by atoms with van der Waals surface area (Å²) in [7, 11) is 0. The first-order chi connectivity index (χ1) is 7.79. The zero-order valence-electron chi connectivity index (χ0n) is 9.77. The van der Waals surface area contributed by atoms with E-state index in [2.05, 4.69) is 29.1 Å². The number of benzene rings is 1. The van der Waals surface area contributed by atoms with E-state index >= 15 is 0 Å². The number of nitrogens with one attached hydrogen (secondary N) is 1. The number of para-hydroxylation sites is 2. The van der Waals surface area contributed by atoms with E-state index in [9.17, 15) is 0 Å². The van der Waals surface area contributed by atoms with Gasteiger partial charge in [0.25, 0.3) is 0 Å². The number of hydrogen-bond acceptors (Lipinski definition) is 3. The molecule has 0 spiro atoms. The molecule has 1 unspecified atom stereocenters. The Labute approximate surface area is 95.9 Å². The average molecular weight is 215 g/mol. The molecule has 0 saturated carbocycles. The quantitative estimate of drug-likeness (QED) is 0.849. The molecule has 2 rings (SSSR count). The highest BCUT2D eigenvalue weighted by Gasteiger charge is 2.04. The van der Waals surface area contributed by atoms with Gasteiger partial charge in [-0.3, -0.25) is 4.98 Å². The van der Waals surface area contributed by atoms with Crippen LogP contribution in [0.2, 0.25) is 0 Å². The van der Waals surface area contributed by atoms with Crippen molar-refractivity contribution in [2.75, 3.05) is 6.54 Å². The standard InChI is InChI=1S/C13H17N3/c1-3-14-10(2)8-11-9-15-12-6-4-5-7-13(12)16-11/h4-7,9-10,14H,3,8H2,1-2H3. The van der Waals surface area contributed by atoms with Gasteiger partial charge < -0.3 is 5.32 Å². The number of hydrogen-bond donors (Lipinski definition) is 1. The monoisotopic (exact) mass is 215 g/mol. The van der Waals surface area contributed by atoms with Gasteiger partial charge in [0.05, 0.1) is 16.7 Å². The molecule has 0 aliphatic heterocycles. The van der Waals surface area contributed by atoms with Gasteiger partial charge in [-0.05, 0) is 25.6 Å². The summed E-state index contributed by atoms with van der Waals surface area (Å²) in [5.41, 5.74) is 2.98. The normalized spacial score (nSPS) is 12.9. The summed E-state index contributed by atoms with van der Waals surface area (Å²) >= 11 is 0. The Morgan fingerprint density at radius 3 is 2.75 bits per heavy atom. The van der Waals surface area contributed by atoms with Gasteiger partial charge in [-0.25, -0.2) is 4.98 Å². The van der Waals surface area contributed by atoms with Gasteiger partial charge in [-0.15, -0.1) is 0 Å². The van der Waals surface area contributed by atoms with Crippen LogP contribution in [-0.2, 0) is 6.42 Å². The fraction of sp³-hybridized carbons (Fsp3) is 0.385. The Balaban J connectivity index is 2.19. The number of rotatable bonds is 4. The summed E-state index contributed by atoms with van der Waals surface area (Å²) < 4.78 is 0. The predicted molar refractivity (Wildman–Crippen MR) is 66.4 cm³/mol. The summed E-state index contributed by atoms with van der Waals surface area (Å²) in [6.07, 6.45) is 2.79.